The van der Waals surface area contributed by atoms with Crippen molar-refractivity contribution in [3.8, 4) is 11.1 Å². The van der Waals surface area contributed by atoms with Crippen LogP contribution >= 0.6 is 11.3 Å². The summed E-state index contributed by atoms with van der Waals surface area (Å²) in [5.41, 5.74) is 4.23. The Morgan fingerprint density at radius 2 is 1.89 bits per heavy atom. The van der Waals surface area contributed by atoms with Crippen molar-refractivity contribution >= 4 is 28.2 Å². The number of hydrogen-bond acceptors (Lipinski definition) is 4. The summed E-state index contributed by atoms with van der Waals surface area (Å²) in [5, 5.41) is 4.93. The highest BCUT2D eigenvalue weighted by molar-refractivity contribution is 7.15. The first-order valence-corrected chi connectivity index (χ1v) is 9.71. The molecular formula is C22H20FNO3S. The Morgan fingerprint density at radius 3 is 2.57 bits per heavy atom. The molecule has 28 heavy (non-hydrogen) atoms. The molecule has 0 fully saturated rings. The minimum atomic E-state index is -0.506. The fraction of sp³-hybridized carbons (Fsp3) is 0.182. The number of anilines is 1. The lowest BCUT2D eigenvalue weighted by Gasteiger charge is -2.11. The predicted octanol–water partition coefficient (Wildman–Crippen LogP) is 5.60. The van der Waals surface area contributed by atoms with E-state index in [4.69, 9.17) is 4.74 Å². The van der Waals surface area contributed by atoms with Gasteiger partial charge in [-0.2, -0.15) is 0 Å². The van der Waals surface area contributed by atoms with Gasteiger partial charge in [-0.15, -0.1) is 11.3 Å². The Labute approximate surface area is 167 Å². The van der Waals surface area contributed by atoms with Crippen LogP contribution < -0.4 is 5.32 Å². The van der Waals surface area contributed by atoms with E-state index < -0.39 is 17.7 Å². The van der Waals surface area contributed by atoms with Crippen LogP contribution in [0.25, 0.3) is 11.1 Å². The normalized spacial score (nSPS) is 10.6. The molecule has 0 saturated carbocycles. The van der Waals surface area contributed by atoms with Crippen LogP contribution in [0.1, 0.15) is 38.8 Å². The number of benzene rings is 2. The number of rotatable bonds is 5. The van der Waals surface area contributed by atoms with Gasteiger partial charge in [-0.05, 0) is 50.1 Å². The van der Waals surface area contributed by atoms with Crippen LogP contribution in [0.4, 0.5) is 9.39 Å². The summed E-state index contributed by atoms with van der Waals surface area (Å²) in [6.45, 7) is 5.92. The Morgan fingerprint density at radius 1 is 1.11 bits per heavy atom. The minimum absolute atomic E-state index is 0.177. The number of amides is 1. The molecule has 144 valence electrons. The van der Waals surface area contributed by atoms with Crippen molar-refractivity contribution in [2.45, 2.75) is 20.8 Å². The molecule has 3 aromatic rings. The average Bonchev–Trinajstić information content (AvgIpc) is 3.05. The summed E-state index contributed by atoms with van der Waals surface area (Å²) in [5.74, 6) is -1.49. The van der Waals surface area contributed by atoms with Gasteiger partial charge in [-0.3, -0.25) is 4.79 Å². The number of aryl methyl sites for hydroxylation is 2. The summed E-state index contributed by atoms with van der Waals surface area (Å²) in [7, 11) is 0. The van der Waals surface area contributed by atoms with Crippen LogP contribution in [0, 0.1) is 19.7 Å². The fourth-order valence-corrected chi connectivity index (χ4v) is 3.92. The Bertz CT molecular complexity index is 1040. The molecule has 3 rings (SSSR count). The highest BCUT2D eigenvalue weighted by Gasteiger charge is 2.24. The molecule has 0 radical (unpaired) electrons. The second-order valence-electron chi connectivity index (χ2n) is 6.36. The highest BCUT2D eigenvalue weighted by Crippen LogP contribution is 2.38. The molecule has 4 nitrogen and oxygen atoms in total. The van der Waals surface area contributed by atoms with Crippen LogP contribution in [-0.4, -0.2) is 18.5 Å². The van der Waals surface area contributed by atoms with E-state index in [1.165, 1.54) is 29.5 Å². The van der Waals surface area contributed by atoms with E-state index in [0.717, 1.165) is 22.8 Å². The lowest BCUT2D eigenvalue weighted by molar-refractivity contribution is 0.0529. The number of carbonyl (C=O) groups is 2. The summed E-state index contributed by atoms with van der Waals surface area (Å²) in [4.78, 5) is 25.2. The van der Waals surface area contributed by atoms with Crippen molar-refractivity contribution < 1.29 is 18.7 Å². The van der Waals surface area contributed by atoms with Gasteiger partial charge in [0.25, 0.3) is 5.91 Å². The molecular weight excluding hydrogens is 377 g/mol. The zero-order valence-electron chi connectivity index (χ0n) is 15.8. The molecule has 1 heterocycles. The van der Waals surface area contributed by atoms with Crippen molar-refractivity contribution in [3.05, 3.63) is 75.9 Å². The van der Waals surface area contributed by atoms with Gasteiger partial charge < -0.3 is 10.1 Å². The zero-order chi connectivity index (χ0) is 20.3. The summed E-state index contributed by atoms with van der Waals surface area (Å²) >= 11 is 1.24. The van der Waals surface area contributed by atoms with E-state index >= 15 is 0 Å². The number of esters is 1. The van der Waals surface area contributed by atoms with Crippen LogP contribution in [-0.2, 0) is 4.74 Å². The first-order chi connectivity index (χ1) is 13.4. The molecule has 1 amide bonds. The average molecular weight is 397 g/mol. The number of nitrogens with one attached hydrogen (secondary N) is 1. The lowest BCUT2D eigenvalue weighted by Crippen LogP contribution is -2.15. The smallest absolute Gasteiger partial charge is 0.341 e. The second-order valence-corrected chi connectivity index (χ2v) is 7.24. The number of thiophene rings is 1. The molecule has 0 saturated heterocycles. The first kappa shape index (κ1) is 19.8. The standard InChI is InChI=1S/C22H20FNO3S/c1-4-27-22(26)19-18(17-9-8-13(2)10-14(17)3)12-28-21(19)24-20(25)15-6-5-7-16(23)11-15/h5-12H,4H2,1-3H3,(H,24,25). The molecule has 1 N–H and O–H groups in total. The Hall–Kier alpha value is -2.99. The Balaban J connectivity index is 2.03. The van der Waals surface area contributed by atoms with E-state index in [1.807, 2.05) is 37.4 Å². The lowest BCUT2D eigenvalue weighted by atomic mass is 9.97. The molecule has 0 aliphatic heterocycles. The number of hydrogen-bond donors (Lipinski definition) is 1. The van der Waals surface area contributed by atoms with Crippen molar-refractivity contribution in [1.29, 1.82) is 0 Å². The van der Waals surface area contributed by atoms with Crippen LogP contribution in [0.15, 0.2) is 47.8 Å². The van der Waals surface area contributed by atoms with Crippen LogP contribution in [0.3, 0.4) is 0 Å². The molecule has 2 aromatic carbocycles. The van der Waals surface area contributed by atoms with Crippen molar-refractivity contribution in [2.75, 3.05) is 11.9 Å². The van der Waals surface area contributed by atoms with Gasteiger partial charge in [0.15, 0.2) is 0 Å². The predicted molar refractivity (Wildman–Crippen MR) is 110 cm³/mol. The van der Waals surface area contributed by atoms with Gasteiger partial charge in [-0.1, -0.05) is 29.8 Å². The largest absolute Gasteiger partial charge is 0.462 e. The quantitative estimate of drug-likeness (QED) is 0.570. The van der Waals surface area contributed by atoms with Gasteiger partial charge in [0.05, 0.1) is 6.61 Å². The van der Waals surface area contributed by atoms with E-state index in [2.05, 4.69) is 5.32 Å². The summed E-state index contributed by atoms with van der Waals surface area (Å²) < 4.78 is 18.6. The molecule has 0 aliphatic rings. The van der Waals surface area contributed by atoms with Gasteiger partial charge in [0, 0.05) is 16.5 Å². The zero-order valence-corrected chi connectivity index (χ0v) is 16.7. The maximum atomic E-state index is 13.4. The first-order valence-electron chi connectivity index (χ1n) is 8.84. The van der Waals surface area contributed by atoms with Crippen molar-refractivity contribution in [2.24, 2.45) is 0 Å². The molecule has 6 heteroatoms. The van der Waals surface area contributed by atoms with E-state index in [1.54, 1.807) is 6.92 Å². The van der Waals surface area contributed by atoms with Gasteiger partial charge >= 0.3 is 5.97 Å². The Kier molecular flexibility index (Phi) is 5.90. The van der Waals surface area contributed by atoms with Crippen molar-refractivity contribution in [1.82, 2.24) is 0 Å². The molecule has 0 aliphatic carbocycles. The van der Waals surface area contributed by atoms with Gasteiger partial charge in [-0.25, -0.2) is 9.18 Å². The van der Waals surface area contributed by atoms with Gasteiger partial charge in [0.1, 0.15) is 16.4 Å². The maximum absolute atomic E-state index is 13.4. The third-order valence-corrected chi connectivity index (χ3v) is 5.15. The monoisotopic (exact) mass is 397 g/mol. The van der Waals surface area contributed by atoms with Crippen LogP contribution in [0.2, 0.25) is 0 Å². The van der Waals surface area contributed by atoms with Gasteiger partial charge in [0.2, 0.25) is 0 Å². The molecule has 0 bridgehead atoms. The van der Waals surface area contributed by atoms with E-state index in [0.29, 0.717) is 16.1 Å². The third-order valence-electron chi connectivity index (χ3n) is 4.26. The second kappa shape index (κ2) is 8.35. The SMILES string of the molecule is CCOC(=O)c1c(-c2ccc(C)cc2C)csc1NC(=O)c1cccc(F)c1. The molecule has 0 spiro atoms. The van der Waals surface area contributed by atoms with Crippen LogP contribution in [0.5, 0.6) is 0 Å². The van der Waals surface area contributed by atoms with E-state index in [-0.39, 0.29) is 12.2 Å². The van der Waals surface area contributed by atoms with E-state index in [9.17, 15) is 14.0 Å². The highest BCUT2D eigenvalue weighted by atomic mass is 32.1. The number of carbonyl (C=O) groups excluding carboxylic acids is 2. The number of ether oxygens (including phenoxy) is 1. The maximum Gasteiger partial charge on any atom is 0.341 e. The third kappa shape index (κ3) is 4.12. The summed E-state index contributed by atoms with van der Waals surface area (Å²) in [6.07, 6.45) is 0. The molecule has 0 unspecified atom stereocenters. The molecule has 1 aromatic heterocycles. The van der Waals surface area contributed by atoms with Crippen molar-refractivity contribution in [3.63, 3.8) is 0 Å². The minimum Gasteiger partial charge on any atom is -0.462 e. The summed E-state index contributed by atoms with van der Waals surface area (Å²) in [6, 6.07) is 11.4. The topological polar surface area (TPSA) is 55.4 Å². The molecule has 0 atom stereocenters. The number of halogens is 1. The fourth-order valence-electron chi connectivity index (χ4n) is 2.97.